The van der Waals surface area contributed by atoms with Crippen LogP contribution in [0.1, 0.15) is 12.5 Å². The van der Waals surface area contributed by atoms with Crippen LogP contribution in [-0.2, 0) is 9.53 Å². The van der Waals surface area contributed by atoms with E-state index in [1.54, 1.807) is 6.92 Å². The van der Waals surface area contributed by atoms with Crippen LogP contribution in [0.4, 0.5) is 5.69 Å². The highest BCUT2D eigenvalue weighted by Crippen LogP contribution is 2.29. The molecule has 0 saturated carbocycles. The number of nitro benzene ring substituents is 1. The molecule has 0 N–H and O–H groups in total. The third-order valence-corrected chi connectivity index (χ3v) is 2.76. The van der Waals surface area contributed by atoms with Gasteiger partial charge in [-0.1, -0.05) is 34.8 Å². The Labute approximate surface area is 130 Å². The lowest BCUT2D eigenvalue weighted by molar-refractivity contribution is -0.384. The van der Waals surface area contributed by atoms with E-state index >= 15 is 0 Å². The zero-order valence-corrected chi connectivity index (χ0v) is 12.6. The van der Waals surface area contributed by atoms with E-state index < -0.39 is 14.5 Å². The van der Waals surface area contributed by atoms with E-state index in [9.17, 15) is 14.9 Å². The number of hydrogen-bond donors (Lipinski definition) is 0. The monoisotopic (exact) mass is 337 g/mol. The Morgan fingerprint density at radius 1 is 1.35 bits per heavy atom. The SMILES string of the molecule is CCOC(=CC(=O)C(Cl)(Cl)Cl)c1ccc([N+](=O)[O-])cc1. The van der Waals surface area contributed by atoms with Gasteiger partial charge in [0, 0.05) is 23.8 Å². The molecular formula is C12H10Cl3NO4. The lowest BCUT2D eigenvalue weighted by Gasteiger charge is -2.11. The molecule has 0 radical (unpaired) electrons. The third-order valence-electron chi connectivity index (χ3n) is 2.20. The van der Waals surface area contributed by atoms with Gasteiger partial charge in [-0.25, -0.2) is 0 Å². The van der Waals surface area contributed by atoms with Crippen LogP contribution >= 0.6 is 34.8 Å². The number of nitrogens with zero attached hydrogens (tertiary/aromatic N) is 1. The summed E-state index contributed by atoms with van der Waals surface area (Å²) in [6.07, 6.45) is 1.05. The van der Waals surface area contributed by atoms with Crippen LogP contribution in [-0.4, -0.2) is 21.1 Å². The second-order valence-corrected chi connectivity index (χ2v) is 5.89. The summed E-state index contributed by atoms with van der Waals surface area (Å²) in [6, 6.07) is 5.49. The first-order chi connectivity index (χ1) is 9.25. The first kappa shape index (κ1) is 16.8. The minimum atomic E-state index is -2.08. The van der Waals surface area contributed by atoms with Crippen molar-refractivity contribution in [3.63, 3.8) is 0 Å². The molecule has 0 amide bonds. The number of benzene rings is 1. The average molecular weight is 339 g/mol. The predicted octanol–water partition coefficient (Wildman–Crippen LogP) is 3.91. The van der Waals surface area contributed by atoms with Gasteiger partial charge in [-0.3, -0.25) is 14.9 Å². The molecule has 0 atom stereocenters. The molecule has 0 aliphatic heterocycles. The molecule has 0 bridgehead atoms. The molecule has 0 aromatic heterocycles. The maximum Gasteiger partial charge on any atom is 0.269 e. The average Bonchev–Trinajstić information content (AvgIpc) is 2.37. The number of alkyl halides is 3. The number of carbonyl (C=O) groups is 1. The number of nitro groups is 1. The van der Waals surface area contributed by atoms with Crippen molar-refractivity contribution < 1.29 is 14.5 Å². The molecule has 5 nitrogen and oxygen atoms in total. The largest absolute Gasteiger partial charge is 0.493 e. The predicted molar refractivity (Wildman–Crippen MR) is 78.0 cm³/mol. The summed E-state index contributed by atoms with van der Waals surface area (Å²) in [6.45, 7) is 2.01. The van der Waals surface area contributed by atoms with Crippen molar-refractivity contribution in [3.05, 3.63) is 46.0 Å². The van der Waals surface area contributed by atoms with Crippen molar-refractivity contribution in [2.24, 2.45) is 0 Å². The quantitative estimate of drug-likeness (QED) is 0.268. The molecule has 0 aliphatic rings. The minimum absolute atomic E-state index is 0.0719. The first-order valence-corrected chi connectivity index (χ1v) is 6.59. The van der Waals surface area contributed by atoms with Crippen LogP contribution in [0, 0.1) is 10.1 Å². The summed E-state index contributed by atoms with van der Waals surface area (Å²) in [7, 11) is 0. The number of ketones is 1. The smallest absolute Gasteiger partial charge is 0.269 e. The number of allylic oxidation sites excluding steroid dienone is 1. The molecule has 0 spiro atoms. The van der Waals surface area contributed by atoms with E-state index in [-0.39, 0.29) is 18.1 Å². The lowest BCUT2D eigenvalue weighted by atomic mass is 10.1. The second-order valence-electron chi connectivity index (χ2n) is 3.61. The van der Waals surface area contributed by atoms with Gasteiger partial charge in [-0.2, -0.15) is 0 Å². The van der Waals surface area contributed by atoms with Crippen molar-refractivity contribution >= 4 is 52.0 Å². The molecule has 20 heavy (non-hydrogen) atoms. The molecular weight excluding hydrogens is 328 g/mol. The van der Waals surface area contributed by atoms with Gasteiger partial charge < -0.3 is 4.74 Å². The highest BCUT2D eigenvalue weighted by atomic mass is 35.6. The van der Waals surface area contributed by atoms with Gasteiger partial charge in [0.25, 0.3) is 9.48 Å². The van der Waals surface area contributed by atoms with E-state index in [1.165, 1.54) is 24.3 Å². The highest BCUT2D eigenvalue weighted by molar-refractivity contribution is 6.77. The maximum atomic E-state index is 11.6. The fraction of sp³-hybridized carbons (Fsp3) is 0.250. The number of non-ortho nitro benzene ring substituents is 1. The van der Waals surface area contributed by atoms with Crippen LogP contribution in [0.25, 0.3) is 5.76 Å². The maximum absolute atomic E-state index is 11.6. The minimum Gasteiger partial charge on any atom is -0.493 e. The number of ether oxygens (including phenoxy) is 1. The Kier molecular flexibility index (Phi) is 5.80. The molecule has 1 aromatic carbocycles. The molecule has 0 aliphatic carbocycles. The summed E-state index contributed by atoms with van der Waals surface area (Å²) in [5.41, 5.74) is 0.400. The van der Waals surface area contributed by atoms with E-state index in [4.69, 9.17) is 39.5 Å². The van der Waals surface area contributed by atoms with Crippen molar-refractivity contribution in [2.45, 2.75) is 10.7 Å². The molecule has 108 valence electrons. The fourth-order valence-corrected chi connectivity index (χ4v) is 1.48. The van der Waals surface area contributed by atoms with Gasteiger partial charge >= 0.3 is 0 Å². The Morgan fingerprint density at radius 3 is 2.30 bits per heavy atom. The molecule has 1 rings (SSSR count). The normalized spacial score (nSPS) is 12.1. The summed E-state index contributed by atoms with van der Waals surface area (Å²) in [4.78, 5) is 21.7. The van der Waals surface area contributed by atoms with Crippen LogP contribution in [0.2, 0.25) is 0 Å². The van der Waals surface area contributed by atoms with Crippen LogP contribution in [0.5, 0.6) is 0 Å². The topological polar surface area (TPSA) is 69.4 Å². The Bertz CT molecular complexity index is 535. The number of carbonyl (C=O) groups excluding carboxylic acids is 1. The Hall–Kier alpha value is -1.30. The van der Waals surface area contributed by atoms with E-state index in [2.05, 4.69) is 0 Å². The van der Waals surface area contributed by atoms with E-state index in [1.807, 2.05) is 0 Å². The zero-order chi connectivity index (χ0) is 15.3. The molecule has 8 heteroatoms. The summed E-state index contributed by atoms with van der Waals surface area (Å²) in [5.74, 6) is -0.581. The number of hydrogen-bond acceptors (Lipinski definition) is 4. The van der Waals surface area contributed by atoms with Gasteiger partial charge in [-0.05, 0) is 19.1 Å². The molecule has 0 unspecified atom stereocenters. The van der Waals surface area contributed by atoms with Crippen LogP contribution in [0.15, 0.2) is 30.3 Å². The van der Waals surface area contributed by atoms with E-state index in [0.717, 1.165) is 6.08 Å². The van der Waals surface area contributed by atoms with Gasteiger partial charge in [0.15, 0.2) is 0 Å². The van der Waals surface area contributed by atoms with Gasteiger partial charge in [-0.15, -0.1) is 0 Å². The van der Waals surface area contributed by atoms with Crippen LogP contribution in [0.3, 0.4) is 0 Å². The lowest BCUT2D eigenvalue weighted by Crippen LogP contribution is -2.16. The summed E-state index contributed by atoms with van der Waals surface area (Å²) < 4.78 is 3.21. The Balaban J connectivity index is 3.11. The van der Waals surface area contributed by atoms with E-state index in [0.29, 0.717) is 5.56 Å². The van der Waals surface area contributed by atoms with Crippen molar-refractivity contribution in [2.75, 3.05) is 6.61 Å². The molecule has 0 heterocycles. The van der Waals surface area contributed by atoms with Crippen molar-refractivity contribution in [1.82, 2.24) is 0 Å². The van der Waals surface area contributed by atoms with Crippen molar-refractivity contribution in [3.8, 4) is 0 Å². The first-order valence-electron chi connectivity index (χ1n) is 5.46. The highest BCUT2D eigenvalue weighted by Gasteiger charge is 2.29. The van der Waals surface area contributed by atoms with Gasteiger partial charge in [0.1, 0.15) is 5.76 Å². The Morgan fingerprint density at radius 2 is 1.90 bits per heavy atom. The van der Waals surface area contributed by atoms with Crippen molar-refractivity contribution in [1.29, 1.82) is 0 Å². The summed E-state index contributed by atoms with van der Waals surface area (Å²) in [5, 5.41) is 10.6. The number of rotatable bonds is 5. The standard InChI is InChI=1S/C12H10Cl3NO4/c1-2-20-10(7-11(17)12(13,14)15)8-3-5-9(6-4-8)16(18)19/h3-7H,2H2,1H3. The molecule has 0 saturated heterocycles. The third kappa shape index (κ3) is 4.67. The zero-order valence-electron chi connectivity index (χ0n) is 10.3. The van der Waals surface area contributed by atoms with Gasteiger partial charge in [0.05, 0.1) is 11.5 Å². The number of halogens is 3. The summed E-state index contributed by atoms with van der Waals surface area (Å²) >= 11 is 16.4. The van der Waals surface area contributed by atoms with Crippen LogP contribution < -0.4 is 0 Å². The fourth-order valence-electron chi connectivity index (χ4n) is 1.31. The molecule has 1 aromatic rings. The second kappa shape index (κ2) is 6.92. The molecule has 0 fully saturated rings. The van der Waals surface area contributed by atoms with Gasteiger partial charge in [0.2, 0.25) is 5.78 Å².